The number of carbonyl (C=O) groups is 1. The second-order valence-corrected chi connectivity index (χ2v) is 6.32. The third-order valence-corrected chi connectivity index (χ3v) is 4.37. The highest BCUT2D eigenvalue weighted by molar-refractivity contribution is 6.31. The first-order chi connectivity index (χ1) is 10.1. The molecule has 4 heteroatoms. The predicted octanol–water partition coefficient (Wildman–Crippen LogP) is 4.04. The molecule has 1 amide bonds. The number of benzene rings is 1. The lowest BCUT2D eigenvalue weighted by Gasteiger charge is -2.32. The number of ether oxygens (including phenoxy) is 1. The van der Waals surface area contributed by atoms with Gasteiger partial charge in [0.25, 0.3) is 0 Å². The van der Waals surface area contributed by atoms with Crippen molar-refractivity contribution in [1.82, 2.24) is 4.90 Å². The third kappa shape index (κ3) is 4.45. The molecular formula is C17H24ClNO2. The molecule has 0 heterocycles. The van der Waals surface area contributed by atoms with Crippen LogP contribution >= 0.6 is 11.6 Å². The number of rotatable bonds is 6. The molecule has 1 saturated carbocycles. The average molecular weight is 310 g/mol. The summed E-state index contributed by atoms with van der Waals surface area (Å²) in [4.78, 5) is 14.4. The highest BCUT2D eigenvalue weighted by Gasteiger charge is 2.28. The summed E-state index contributed by atoms with van der Waals surface area (Å²) < 4.78 is 5.58. The van der Waals surface area contributed by atoms with E-state index < -0.39 is 0 Å². The Morgan fingerprint density at radius 3 is 2.62 bits per heavy atom. The van der Waals surface area contributed by atoms with Gasteiger partial charge < -0.3 is 9.64 Å². The highest BCUT2D eigenvalue weighted by Crippen LogP contribution is 2.25. The molecule has 1 aromatic carbocycles. The minimum Gasteiger partial charge on any atom is -0.367 e. The van der Waals surface area contributed by atoms with E-state index in [2.05, 4.69) is 13.8 Å². The Morgan fingerprint density at radius 2 is 2.00 bits per heavy atom. The molecule has 21 heavy (non-hydrogen) atoms. The molecule has 116 valence electrons. The molecule has 1 fully saturated rings. The maximum Gasteiger partial charge on any atom is 0.249 e. The molecule has 0 radical (unpaired) electrons. The SMILES string of the molecule is CC(C)N(C(=O)COCc1ccccc1Cl)C1CCCC1. The Morgan fingerprint density at radius 1 is 1.33 bits per heavy atom. The standard InChI is InChI=1S/C17H24ClNO2/c1-13(2)19(15-8-4-5-9-15)17(20)12-21-11-14-7-3-6-10-16(14)18/h3,6-7,10,13,15H,4-5,8-9,11-12H2,1-2H3. The summed E-state index contributed by atoms with van der Waals surface area (Å²) in [5.74, 6) is 0.0870. The van der Waals surface area contributed by atoms with E-state index in [9.17, 15) is 4.79 Å². The molecular weight excluding hydrogens is 286 g/mol. The largest absolute Gasteiger partial charge is 0.367 e. The van der Waals surface area contributed by atoms with E-state index in [0.29, 0.717) is 17.7 Å². The molecule has 0 N–H and O–H groups in total. The smallest absolute Gasteiger partial charge is 0.249 e. The van der Waals surface area contributed by atoms with Gasteiger partial charge in [-0.05, 0) is 38.3 Å². The van der Waals surface area contributed by atoms with E-state index in [1.807, 2.05) is 29.2 Å². The summed E-state index contributed by atoms with van der Waals surface area (Å²) in [5.41, 5.74) is 0.920. The molecule has 0 aliphatic heterocycles. The molecule has 0 atom stereocenters. The fourth-order valence-corrected chi connectivity index (χ4v) is 3.22. The lowest BCUT2D eigenvalue weighted by atomic mass is 10.1. The van der Waals surface area contributed by atoms with Crippen molar-refractivity contribution in [2.24, 2.45) is 0 Å². The van der Waals surface area contributed by atoms with Crippen molar-refractivity contribution < 1.29 is 9.53 Å². The number of hydrogen-bond acceptors (Lipinski definition) is 2. The van der Waals surface area contributed by atoms with Gasteiger partial charge in [0.15, 0.2) is 0 Å². The van der Waals surface area contributed by atoms with Crippen LogP contribution in [-0.4, -0.2) is 29.5 Å². The van der Waals surface area contributed by atoms with E-state index in [1.54, 1.807) is 0 Å². The highest BCUT2D eigenvalue weighted by atomic mass is 35.5. The van der Waals surface area contributed by atoms with Crippen molar-refractivity contribution in [3.63, 3.8) is 0 Å². The molecule has 1 aromatic rings. The van der Waals surface area contributed by atoms with Gasteiger partial charge in [-0.25, -0.2) is 0 Å². The van der Waals surface area contributed by atoms with Crippen LogP contribution in [0.15, 0.2) is 24.3 Å². The third-order valence-electron chi connectivity index (χ3n) is 4.00. The average Bonchev–Trinajstić information content (AvgIpc) is 2.94. The summed E-state index contributed by atoms with van der Waals surface area (Å²) in [6.45, 7) is 4.65. The van der Waals surface area contributed by atoms with E-state index >= 15 is 0 Å². The van der Waals surface area contributed by atoms with Crippen LogP contribution in [0.3, 0.4) is 0 Å². The molecule has 0 unspecified atom stereocenters. The number of carbonyl (C=O) groups excluding carboxylic acids is 1. The van der Waals surface area contributed by atoms with Crippen molar-refractivity contribution >= 4 is 17.5 Å². The number of amides is 1. The van der Waals surface area contributed by atoms with Crippen LogP contribution in [0.5, 0.6) is 0 Å². The van der Waals surface area contributed by atoms with Gasteiger partial charge in [-0.1, -0.05) is 42.6 Å². The molecule has 3 nitrogen and oxygen atoms in total. The number of halogens is 1. The van der Waals surface area contributed by atoms with E-state index in [4.69, 9.17) is 16.3 Å². The number of nitrogens with zero attached hydrogens (tertiary/aromatic N) is 1. The minimum atomic E-state index is 0.0870. The van der Waals surface area contributed by atoms with Gasteiger partial charge in [0.2, 0.25) is 5.91 Å². The zero-order chi connectivity index (χ0) is 15.2. The van der Waals surface area contributed by atoms with Crippen LogP contribution in [-0.2, 0) is 16.1 Å². The molecule has 0 bridgehead atoms. The Hall–Kier alpha value is -1.06. The summed E-state index contributed by atoms with van der Waals surface area (Å²) in [7, 11) is 0. The topological polar surface area (TPSA) is 29.5 Å². The van der Waals surface area contributed by atoms with Crippen molar-refractivity contribution in [2.75, 3.05) is 6.61 Å². The Kier molecular flexibility index (Phi) is 6.07. The summed E-state index contributed by atoms with van der Waals surface area (Å²) >= 11 is 6.08. The van der Waals surface area contributed by atoms with Crippen LogP contribution in [0.25, 0.3) is 0 Å². The predicted molar refractivity (Wildman–Crippen MR) is 85.3 cm³/mol. The van der Waals surface area contributed by atoms with Crippen molar-refractivity contribution in [1.29, 1.82) is 0 Å². The number of hydrogen-bond donors (Lipinski definition) is 0. The maximum atomic E-state index is 12.4. The first-order valence-corrected chi connectivity index (χ1v) is 8.09. The summed E-state index contributed by atoms with van der Waals surface area (Å²) in [5, 5.41) is 0.682. The molecule has 0 aromatic heterocycles. The molecule has 0 spiro atoms. The summed E-state index contributed by atoms with van der Waals surface area (Å²) in [6.07, 6.45) is 4.69. The van der Waals surface area contributed by atoms with Crippen molar-refractivity contribution in [3.8, 4) is 0 Å². The van der Waals surface area contributed by atoms with Crippen molar-refractivity contribution in [2.45, 2.75) is 58.2 Å². The Balaban J connectivity index is 1.86. The normalized spacial score (nSPS) is 15.6. The van der Waals surface area contributed by atoms with Gasteiger partial charge in [-0.2, -0.15) is 0 Å². The van der Waals surface area contributed by atoms with Gasteiger partial charge in [0.05, 0.1) is 6.61 Å². The van der Waals surface area contributed by atoms with Crippen molar-refractivity contribution in [3.05, 3.63) is 34.9 Å². The van der Waals surface area contributed by atoms with Gasteiger partial charge in [0.1, 0.15) is 6.61 Å². The first-order valence-electron chi connectivity index (χ1n) is 7.72. The van der Waals surface area contributed by atoms with Gasteiger partial charge in [-0.15, -0.1) is 0 Å². The van der Waals surface area contributed by atoms with Gasteiger partial charge >= 0.3 is 0 Å². The Labute approximate surface area is 132 Å². The molecule has 1 aliphatic rings. The van der Waals surface area contributed by atoms with Crippen LogP contribution in [0, 0.1) is 0 Å². The monoisotopic (exact) mass is 309 g/mol. The fourth-order valence-electron chi connectivity index (χ4n) is 3.03. The second-order valence-electron chi connectivity index (χ2n) is 5.92. The first kappa shape index (κ1) is 16.3. The van der Waals surface area contributed by atoms with Crippen LogP contribution in [0.2, 0.25) is 5.02 Å². The zero-order valence-electron chi connectivity index (χ0n) is 12.8. The van der Waals surface area contributed by atoms with Crippen LogP contribution in [0.4, 0.5) is 0 Å². The molecule has 2 rings (SSSR count). The van der Waals surface area contributed by atoms with E-state index in [1.165, 1.54) is 12.8 Å². The van der Waals surface area contributed by atoms with E-state index in [0.717, 1.165) is 18.4 Å². The van der Waals surface area contributed by atoms with Gasteiger partial charge in [0, 0.05) is 17.1 Å². The van der Waals surface area contributed by atoms with Crippen LogP contribution in [0.1, 0.15) is 45.1 Å². The maximum absolute atomic E-state index is 12.4. The lowest BCUT2D eigenvalue weighted by molar-refractivity contribution is -0.140. The second kappa shape index (κ2) is 7.81. The fraction of sp³-hybridized carbons (Fsp3) is 0.588. The minimum absolute atomic E-state index is 0.0870. The molecule has 1 aliphatic carbocycles. The lowest BCUT2D eigenvalue weighted by Crippen LogP contribution is -2.45. The Bertz CT molecular complexity index is 470. The quantitative estimate of drug-likeness (QED) is 0.794. The summed E-state index contributed by atoms with van der Waals surface area (Å²) in [6, 6.07) is 8.18. The van der Waals surface area contributed by atoms with Crippen LogP contribution < -0.4 is 0 Å². The van der Waals surface area contributed by atoms with Gasteiger partial charge in [-0.3, -0.25) is 4.79 Å². The zero-order valence-corrected chi connectivity index (χ0v) is 13.6. The van der Waals surface area contributed by atoms with E-state index in [-0.39, 0.29) is 18.6 Å². The molecule has 0 saturated heterocycles.